The molecule has 0 aromatic heterocycles. The molecular weight excluding hydrogens is 448 g/mol. The molecule has 0 saturated heterocycles. The monoisotopic (exact) mass is 476 g/mol. The Balaban J connectivity index is 1.44. The standard InChI is InChI=1S/C27H28N2O4S/c1-32-25-14-11-19(15-26(25)33-2)27-22-10-6-9-21(22)23-16-20(12-13-24(23)29-27)34(30,31)28-17-18-7-4-3-5-8-18/h3-9,11-16,21-22,27-29H,10,17H2,1-2H3. The molecule has 5 rings (SSSR count). The van der Waals surface area contributed by atoms with Crippen molar-refractivity contribution < 1.29 is 17.9 Å². The summed E-state index contributed by atoms with van der Waals surface area (Å²) >= 11 is 0. The zero-order valence-corrected chi connectivity index (χ0v) is 20.0. The van der Waals surface area contributed by atoms with Crippen molar-refractivity contribution in [3.63, 3.8) is 0 Å². The van der Waals surface area contributed by atoms with Crippen LogP contribution in [0.4, 0.5) is 5.69 Å². The highest BCUT2D eigenvalue weighted by Crippen LogP contribution is 2.50. The second-order valence-corrected chi connectivity index (χ2v) is 10.4. The van der Waals surface area contributed by atoms with E-state index in [1.165, 1.54) is 0 Å². The van der Waals surface area contributed by atoms with E-state index in [0.717, 1.165) is 28.8 Å². The fourth-order valence-electron chi connectivity index (χ4n) is 4.97. The van der Waals surface area contributed by atoms with Gasteiger partial charge in [-0.15, -0.1) is 0 Å². The van der Waals surface area contributed by atoms with Crippen LogP contribution < -0.4 is 19.5 Å². The number of benzene rings is 3. The first-order chi connectivity index (χ1) is 16.5. The predicted molar refractivity (Wildman–Crippen MR) is 133 cm³/mol. The summed E-state index contributed by atoms with van der Waals surface area (Å²) in [5, 5.41) is 3.66. The van der Waals surface area contributed by atoms with Gasteiger partial charge >= 0.3 is 0 Å². The van der Waals surface area contributed by atoms with Gasteiger partial charge in [-0.1, -0.05) is 48.6 Å². The van der Waals surface area contributed by atoms with Crippen LogP contribution in [0.1, 0.15) is 35.1 Å². The van der Waals surface area contributed by atoms with E-state index in [-0.39, 0.29) is 29.3 Å². The summed E-state index contributed by atoms with van der Waals surface area (Å²) in [5.74, 6) is 1.81. The quantitative estimate of drug-likeness (QED) is 0.469. The van der Waals surface area contributed by atoms with E-state index in [0.29, 0.717) is 11.5 Å². The van der Waals surface area contributed by atoms with Gasteiger partial charge in [0.05, 0.1) is 25.2 Å². The summed E-state index contributed by atoms with van der Waals surface area (Å²) in [6.07, 6.45) is 5.31. The van der Waals surface area contributed by atoms with Crippen molar-refractivity contribution in [2.45, 2.75) is 29.8 Å². The van der Waals surface area contributed by atoms with Crippen LogP contribution in [-0.4, -0.2) is 22.6 Å². The van der Waals surface area contributed by atoms with Gasteiger partial charge in [0.15, 0.2) is 11.5 Å². The van der Waals surface area contributed by atoms with Crippen molar-refractivity contribution in [1.29, 1.82) is 0 Å². The van der Waals surface area contributed by atoms with Crippen LogP contribution in [0.15, 0.2) is 83.8 Å². The lowest BCUT2D eigenvalue weighted by molar-refractivity contribution is 0.353. The number of hydrogen-bond donors (Lipinski definition) is 2. The van der Waals surface area contributed by atoms with Gasteiger partial charge in [-0.3, -0.25) is 0 Å². The van der Waals surface area contributed by atoms with Crippen molar-refractivity contribution in [3.05, 3.63) is 95.6 Å². The second kappa shape index (κ2) is 9.16. The lowest BCUT2D eigenvalue weighted by Crippen LogP contribution is -2.30. The fraction of sp³-hybridized carbons (Fsp3) is 0.259. The molecule has 34 heavy (non-hydrogen) atoms. The third-order valence-corrected chi connectivity index (χ3v) is 8.12. The number of anilines is 1. The van der Waals surface area contributed by atoms with Gasteiger partial charge in [0.25, 0.3) is 0 Å². The molecule has 0 bridgehead atoms. The largest absolute Gasteiger partial charge is 0.493 e. The summed E-state index contributed by atoms with van der Waals surface area (Å²) in [5.41, 5.74) is 4.00. The molecule has 2 aliphatic rings. The van der Waals surface area contributed by atoms with Gasteiger partial charge in [0, 0.05) is 18.2 Å². The Hall–Kier alpha value is -3.29. The summed E-state index contributed by atoms with van der Waals surface area (Å²) < 4.78 is 39.7. The van der Waals surface area contributed by atoms with Crippen LogP contribution in [0, 0.1) is 5.92 Å². The van der Waals surface area contributed by atoms with Gasteiger partial charge in [0.1, 0.15) is 0 Å². The molecule has 6 nitrogen and oxygen atoms in total. The zero-order chi connectivity index (χ0) is 23.7. The highest BCUT2D eigenvalue weighted by atomic mass is 32.2. The van der Waals surface area contributed by atoms with E-state index >= 15 is 0 Å². The third kappa shape index (κ3) is 4.17. The minimum atomic E-state index is -3.64. The average Bonchev–Trinajstić information content (AvgIpc) is 3.37. The minimum absolute atomic E-state index is 0.0750. The molecule has 7 heteroatoms. The zero-order valence-electron chi connectivity index (χ0n) is 19.2. The maximum atomic E-state index is 13.0. The molecule has 0 radical (unpaired) electrons. The summed E-state index contributed by atoms with van der Waals surface area (Å²) in [6, 6.07) is 21.0. The number of ether oxygens (including phenoxy) is 2. The smallest absolute Gasteiger partial charge is 0.240 e. The highest BCUT2D eigenvalue weighted by Gasteiger charge is 2.38. The molecular formula is C27H28N2O4S. The maximum Gasteiger partial charge on any atom is 0.240 e. The van der Waals surface area contributed by atoms with Crippen molar-refractivity contribution >= 4 is 15.7 Å². The molecule has 1 heterocycles. The Kier molecular flexibility index (Phi) is 6.06. The van der Waals surface area contributed by atoms with Gasteiger partial charge < -0.3 is 14.8 Å². The lowest BCUT2D eigenvalue weighted by Gasteiger charge is -2.38. The highest BCUT2D eigenvalue weighted by molar-refractivity contribution is 7.89. The molecule has 3 unspecified atom stereocenters. The van der Waals surface area contributed by atoms with E-state index in [9.17, 15) is 8.42 Å². The number of rotatable bonds is 7. The first-order valence-electron chi connectivity index (χ1n) is 11.3. The molecule has 3 aromatic rings. The first-order valence-corrected chi connectivity index (χ1v) is 12.8. The molecule has 1 aliphatic heterocycles. The summed E-state index contributed by atoms with van der Waals surface area (Å²) in [7, 11) is -0.369. The normalized spacial score (nSPS) is 20.8. The lowest BCUT2D eigenvalue weighted by atomic mass is 9.77. The number of nitrogens with one attached hydrogen (secondary N) is 2. The number of methoxy groups -OCH3 is 2. The number of fused-ring (bicyclic) bond motifs is 3. The topological polar surface area (TPSA) is 76.7 Å². The molecule has 0 saturated carbocycles. The molecule has 3 atom stereocenters. The van der Waals surface area contributed by atoms with Crippen molar-refractivity contribution in [2.24, 2.45) is 5.92 Å². The number of sulfonamides is 1. The molecule has 2 N–H and O–H groups in total. The van der Waals surface area contributed by atoms with Crippen LogP contribution in [0.3, 0.4) is 0 Å². The SMILES string of the molecule is COc1ccc(C2Nc3ccc(S(=O)(=O)NCc4ccccc4)cc3C3C=CCC32)cc1OC. The Labute approximate surface area is 200 Å². The molecule has 176 valence electrons. The van der Waals surface area contributed by atoms with Crippen LogP contribution in [0.5, 0.6) is 11.5 Å². The molecule has 3 aromatic carbocycles. The Morgan fingerprint density at radius 1 is 0.971 bits per heavy atom. The maximum absolute atomic E-state index is 13.0. The van der Waals surface area contributed by atoms with Crippen LogP contribution in [-0.2, 0) is 16.6 Å². The van der Waals surface area contributed by atoms with Crippen molar-refractivity contribution in [3.8, 4) is 11.5 Å². The second-order valence-electron chi connectivity index (χ2n) is 8.65. The van der Waals surface area contributed by atoms with Gasteiger partial charge in [0.2, 0.25) is 10.0 Å². The van der Waals surface area contributed by atoms with Crippen molar-refractivity contribution in [2.75, 3.05) is 19.5 Å². The Morgan fingerprint density at radius 3 is 2.53 bits per heavy atom. The summed E-state index contributed by atoms with van der Waals surface area (Å²) in [4.78, 5) is 0.285. The van der Waals surface area contributed by atoms with Gasteiger partial charge in [-0.25, -0.2) is 13.1 Å². The molecule has 0 spiro atoms. The van der Waals surface area contributed by atoms with E-state index in [4.69, 9.17) is 9.47 Å². The minimum Gasteiger partial charge on any atom is -0.493 e. The number of allylic oxidation sites excluding steroid dienone is 2. The molecule has 1 aliphatic carbocycles. The summed E-state index contributed by atoms with van der Waals surface area (Å²) in [6.45, 7) is 0.256. The van der Waals surface area contributed by atoms with Crippen LogP contribution in [0.25, 0.3) is 0 Å². The average molecular weight is 477 g/mol. The number of hydrogen-bond acceptors (Lipinski definition) is 5. The van der Waals surface area contributed by atoms with E-state index in [1.807, 2.05) is 54.6 Å². The fourth-order valence-corrected chi connectivity index (χ4v) is 6.03. The molecule has 0 amide bonds. The van der Waals surface area contributed by atoms with E-state index in [2.05, 4.69) is 28.3 Å². The van der Waals surface area contributed by atoms with Crippen LogP contribution in [0.2, 0.25) is 0 Å². The first kappa shape index (κ1) is 22.5. The predicted octanol–water partition coefficient (Wildman–Crippen LogP) is 5.01. The van der Waals surface area contributed by atoms with Gasteiger partial charge in [-0.05, 0) is 59.4 Å². The van der Waals surface area contributed by atoms with Gasteiger partial charge in [-0.2, -0.15) is 0 Å². The third-order valence-electron chi connectivity index (χ3n) is 6.72. The Morgan fingerprint density at radius 2 is 1.76 bits per heavy atom. The molecule has 0 fully saturated rings. The van der Waals surface area contributed by atoms with E-state index < -0.39 is 10.0 Å². The van der Waals surface area contributed by atoms with E-state index in [1.54, 1.807) is 20.3 Å². The Bertz CT molecular complexity index is 1320. The van der Waals surface area contributed by atoms with Crippen molar-refractivity contribution in [1.82, 2.24) is 4.72 Å². The van der Waals surface area contributed by atoms with Crippen LogP contribution >= 0.6 is 0 Å².